The van der Waals surface area contributed by atoms with Crippen molar-refractivity contribution >= 4 is 37.8 Å². The largest absolute Gasteiger partial charge is 0.231 e. The van der Waals surface area contributed by atoms with Crippen LogP contribution in [0, 0.1) is 0 Å². The van der Waals surface area contributed by atoms with Crippen LogP contribution in [0.4, 0.5) is 0 Å². The van der Waals surface area contributed by atoms with Crippen LogP contribution in [0.3, 0.4) is 0 Å². The number of hydrogen-bond donors (Lipinski definition) is 0. The first-order chi connectivity index (χ1) is 28.3. The summed E-state index contributed by atoms with van der Waals surface area (Å²) in [5.41, 5.74) is 14.8. The van der Waals surface area contributed by atoms with Crippen LogP contribution in [-0.2, 0) is 0 Å². The Kier molecular flexibility index (Phi) is 7.86. The van der Waals surface area contributed by atoms with Crippen molar-refractivity contribution in [3.8, 4) is 67.0 Å². The summed E-state index contributed by atoms with van der Waals surface area (Å²) in [5, 5.41) is 12.9. The third kappa shape index (κ3) is 5.45. The van der Waals surface area contributed by atoms with Crippen LogP contribution < -0.4 is 0 Å². The molecule has 2 nitrogen and oxygen atoms in total. The molecule has 0 unspecified atom stereocenters. The molecule has 0 fully saturated rings. The number of benzene rings is 9. The van der Waals surface area contributed by atoms with Gasteiger partial charge in [-0.25, -0.2) is 4.52 Å². The summed E-state index contributed by atoms with van der Waals surface area (Å²) >= 11 is 0. The van der Waals surface area contributed by atoms with Gasteiger partial charge < -0.3 is 0 Å². The van der Waals surface area contributed by atoms with Crippen molar-refractivity contribution in [1.82, 2.24) is 9.61 Å². The standard InChI is InChI=1S/C55H36N2/c1-6-20-37(21-7-1)47-34-42-35-50(39-24-10-3-11-25-39)57-55(49(42)36-48(47)38-22-8-2-9-23-38)52(41-28-14-5-15-29-41)54(56-57)53-45-32-18-16-30-43(45)51(40-26-12-4-13-27-40)44-31-17-19-33-46(44)53/h1-36H. The van der Waals surface area contributed by atoms with Crippen molar-refractivity contribution in [2.45, 2.75) is 0 Å². The molecule has 0 N–H and O–H groups in total. The van der Waals surface area contributed by atoms with E-state index < -0.39 is 0 Å². The van der Waals surface area contributed by atoms with Gasteiger partial charge in [0.15, 0.2) is 0 Å². The van der Waals surface area contributed by atoms with Gasteiger partial charge in [-0.2, -0.15) is 5.10 Å². The quantitative estimate of drug-likeness (QED) is 0.156. The SMILES string of the molecule is c1ccc(-c2cc3cc(-c4ccccc4)n4nc(-c5c6ccccc6c(-c6ccccc6)c6ccccc56)c(-c5ccccc5)c4c3cc2-c2ccccc2)cc1. The Morgan fingerprint density at radius 1 is 0.298 bits per heavy atom. The summed E-state index contributed by atoms with van der Waals surface area (Å²) in [7, 11) is 0. The van der Waals surface area contributed by atoms with Crippen molar-refractivity contribution < 1.29 is 0 Å². The first-order valence-electron chi connectivity index (χ1n) is 19.6. The highest BCUT2D eigenvalue weighted by molar-refractivity contribution is 6.23. The van der Waals surface area contributed by atoms with E-state index in [0.717, 1.165) is 49.9 Å². The fraction of sp³-hybridized carbons (Fsp3) is 0. The van der Waals surface area contributed by atoms with Crippen LogP contribution in [0.5, 0.6) is 0 Å². The second-order valence-corrected chi connectivity index (χ2v) is 14.7. The van der Waals surface area contributed by atoms with Gasteiger partial charge in [0.2, 0.25) is 0 Å². The van der Waals surface area contributed by atoms with E-state index in [-0.39, 0.29) is 0 Å². The molecule has 266 valence electrons. The Bertz CT molecular complexity index is 3180. The Morgan fingerprint density at radius 3 is 1.18 bits per heavy atom. The van der Waals surface area contributed by atoms with E-state index in [4.69, 9.17) is 5.10 Å². The zero-order valence-corrected chi connectivity index (χ0v) is 31.2. The van der Waals surface area contributed by atoms with Crippen molar-refractivity contribution in [2.24, 2.45) is 0 Å². The predicted octanol–water partition coefficient (Wildman–Crippen LogP) is 14.8. The predicted molar refractivity (Wildman–Crippen MR) is 240 cm³/mol. The number of aromatic nitrogens is 2. The smallest absolute Gasteiger partial charge is 0.102 e. The number of pyridine rings is 1. The van der Waals surface area contributed by atoms with Crippen molar-refractivity contribution in [2.75, 3.05) is 0 Å². The molecule has 0 spiro atoms. The lowest BCUT2D eigenvalue weighted by Gasteiger charge is -2.17. The molecule has 0 amide bonds. The molecule has 2 heterocycles. The maximum absolute atomic E-state index is 5.79. The number of nitrogens with zero attached hydrogens (tertiary/aromatic N) is 2. The van der Waals surface area contributed by atoms with Gasteiger partial charge in [0.1, 0.15) is 5.69 Å². The second-order valence-electron chi connectivity index (χ2n) is 14.7. The molecule has 11 rings (SSSR count). The molecule has 2 heteroatoms. The first kappa shape index (κ1) is 32.8. The molecule has 0 bridgehead atoms. The summed E-state index contributed by atoms with van der Waals surface area (Å²) in [6.07, 6.45) is 0. The maximum Gasteiger partial charge on any atom is 0.102 e. The monoisotopic (exact) mass is 724 g/mol. The minimum Gasteiger partial charge on any atom is -0.231 e. The summed E-state index contributed by atoms with van der Waals surface area (Å²) in [4.78, 5) is 0. The summed E-state index contributed by atoms with van der Waals surface area (Å²) in [6, 6.07) is 78.8. The van der Waals surface area contributed by atoms with Crippen LogP contribution >= 0.6 is 0 Å². The fourth-order valence-corrected chi connectivity index (χ4v) is 8.87. The number of fused-ring (bicyclic) bond motifs is 5. The Hall–Kier alpha value is -7.55. The molecule has 0 radical (unpaired) electrons. The van der Waals surface area contributed by atoms with Gasteiger partial charge in [0.05, 0.1) is 11.2 Å². The Balaban J connectivity index is 1.35. The molecule has 0 aliphatic carbocycles. The van der Waals surface area contributed by atoms with Gasteiger partial charge in [-0.1, -0.05) is 200 Å². The van der Waals surface area contributed by atoms with E-state index in [9.17, 15) is 0 Å². The van der Waals surface area contributed by atoms with Gasteiger partial charge >= 0.3 is 0 Å². The highest BCUT2D eigenvalue weighted by Crippen LogP contribution is 2.49. The van der Waals surface area contributed by atoms with Crippen molar-refractivity contribution in [3.63, 3.8) is 0 Å². The van der Waals surface area contributed by atoms with Crippen molar-refractivity contribution in [1.29, 1.82) is 0 Å². The third-order valence-corrected chi connectivity index (χ3v) is 11.4. The highest BCUT2D eigenvalue weighted by atomic mass is 15.2. The average Bonchev–Trinajstić information content (AvgIpc) is 3.69. The molecular weight excluding hydrogens is 689 g/mol. The lowest BCUT2D eigenvalue weighted by Crippen LogP contribution is -1.97. The molecule has 9 aromatic carbocycles. The van der Waals surface area contributed by atoms with Crippen LogP contribution in [0.2, 0.25) is 0 Å². The molecule has 2 aromatic heterocycles. The first-order valence-corrected chi connectivity index (χ1v) is 19.6. The fourth-order valence-electron chi connectivity index (χ4n) is 8.87. The zero-order valence-electron chi connectivity index (χ0n) is 31.2. The molecule has 57 heavy (non-hydrogen) atoms. The lowest BCUT2D eigenvalue weighted by atomic mass is 9.85. The van der Waals surface area contributed by atoms with E-state index in [1.54, 1.807) is 0 Å². The summed E-state index contributed by atoms with van der Waals surface area (Å²) < 4.78 is 2.22. The summed E-state index contributed by atoms with van der Waals surface area (Å²) in [6.45, 7) is 0. The van der Waals surface area contributed by atoms with Crippen LogP contribution in [0.15, 0.2) is 218 Å². The van der Waals surface area contributed by atoms with Crippen LogP contribution in [0.25, 0.3) is 105 Å². The molecule has 0 atom stereocenters. The molecular formula is C55H36N2. The van der Waals surface area contributed by atoms with E-state index >= 15 is 0 Å². The van der Waals surface area contributed by atoms with Crippen LogP contribution in [-0.4, -0.2) is 9.61 Å². The average molecular weight is 725 g/mol. The minimum absolute atomic E-state index is 0.964. The second kappa shape index (κ2) is 13.6. The molecule has 0 saturated carbocycles. The normalized spacial score (nSPS) is 11.5. The zero-order chi connectivity index (χ0) is 37.7. The van der Waals surface area contributed by atoms with E-state index in [1.807, 2.05) is 0 Å². The summed E-state index contributed by atoms with van der Waals surface area (Å²) in [5.74, 6) is 0. The minimum atomic E-state index is 0.964. The number of rotatable bonds is 6. The van der Waals surface area contributed by atoms with Gasteiger partial charge in [0, 0.05) is 22.1 Å². The van der Waals surface area contributed by atoms with E-state index in [2.05, 4.69) is 223 Å². The Labute approximate surface area is 331 Å². The lowest BCUT2D eigenvalue weighted by molar-refractivity contribution is 0.981. The number of hydrogen-bond acceptors (Lipinski definition) is 1. The molecule has 0 saturated heterocycles. The molecule has 11 aromatic rings. The highest BCUT2D eigenvalue weighted by Gasteiger charge is 2.26. The van der Waals surface area contributed by atoms with Crippen molar-refractivity contribution in [3.05, 3.63) is 218 Å². The maximum atomic E-state index is 5.79. The van der Waals surface area contributed by atoms with Gasteiger partial charge in [-0.15, -0.1) is 0 Å². The van der Waals surface area contributed by atoms with E-state index in [1.165, 1.54) is 54.9 Å². The molecule has 0 aliphatic heterocycles. The van der Waals surface area contributed by atoms with Gasteiger partial charge in [-0.3, -0.25) is 0 Å². The van der Waals surface area contributed by atoms with Gasteiger partial charge in [0.25, 0.3) is 0 Å². The van der Waals surface area contributed by atoms with Gasteiger partial charge in [-0.05, 0) is 84.1 Å². The molecule has 0 aliphatic rings. The van der Waals surface area contributed by atoms with Crippen LogP contribution in [0.1, 0.15) is 0 Å². The third-order valence-electron chi connectivity index (χ3n) is 11.4. The van der Waals surface area contributed by atoms with E-state index in [0.29, 0.717) is 0 Å². The topological polar surface area (TPSA) is 17.3 Å². The Morgan fingerprint density at radius 2 is 0.684 bits per heavy atom.